The van der Waals surface area contributed by atoms with E-state index >= 15 is 0 Å². The molecule has 0 aliphatic carbocycles. The van der Waals surface area contributed by atoms with Crippen molar-refractivity contribution in [2.24, 2.45) is 0 Å². The first kappa shape index (κ1) is 11.6. The van der Waals surface area contributed by atoms with E-state index in [2.05, 4.69) is 10.1 Å². The lowest BCUT2D eigenvalue weighted by Gasteiger charge is -2.02. The van der Waals surface area contributed by atoms with E-state index in [9.17, 15) is 0 Å². The molecule has 2 aromatic rings. The van der Waals surface area contributed by atoms with E-state index in [0.717, 1.165) is 29.9 Å². The predicted molar refractivity (Wildman–Crippen MR) is 66.6 cm³/mol. The summed E-state index contributed by atoms with van der Waals surface area (Å²) in [6.07, 6.45) is 1.59. The van der Waals surface area contributed by atoms with Crippen molar-refractivity contribution < 1.29 is 4.52 Å². The Bertz CT molecular complexity index is 491. The van der Waals surface area contributed by atoms with Gasteiger partial charge in [-0.2, -0.15) is 4.98 Å². The fourth-order valence-electron chi connectivity index (χ4n) is 1.61. The first-order chi connectivity index (χ1) is 8.16. The van der Waals surface area contributed by atoms with Crippen LogP contribution in [0.4, 0.5) is 5.69 Å². The summed E-state index contributed by atoms with van der Waals surface area (Å²) in [6.45, 7) is 4.07. The van der Waals surface area contributed by atoms with Gasteiger partial charge in [0.25, 0.3) is 0 Å². The Morgan fingerprint density at radius 2 is 2.00 bits per heavy atom. The van der Waals surface area contributed by atoms with Gasteiger partial charge in [0.15, 0.2) is 5.82 Å². The smallest absolute Gasteiger partial charge is 0.229 e. The molecular weight excluding hydrogens is 214 g/mol. The fraction of sp³-hybridized carbons (Fsp3) is 0.385. The monoisotopic (exact) mass is 231 g/mol. The molecule has 1 heterocycles. The lowest BCUT2D eigenvalue weighted by molar-refractivity contribution is 0.360. The van der Waals surface area contributed by atoms with E-state index in [-0.39, 0.29) is 5.92 Å². The van der Waals surface area contributed by atoms with Crippen LogP contribution in [0.5, 0.6) is 0 Å². The highest BCUT2D eigenvalue weighted by atomic mass is 16.5. The second kappa shape index (κ2) is 4.99. The highest BCUT2D eigenvalue weighted by Crippen LogP contribution is 2.15. The van der Waals surface area contributed by atoms with Crippen LogP contribution >= 0.6 is 0 Å². The minimum absolute atomic E-state index is 0.276. The number of nitrogens with zero attached hydrogens (tertiary/aromatic N) is 2. The van der Waals surface area contributed by atoms with Crippen LogP contribution in [0.2, 0.25) is 0 Å². The van der Waals surface area contributed by atoms with Crippen molar-refractivity contribution in [1.29, 1.82) is 0 Å². The topological polar surface area (TPSA) is 64.9 Å². The van der Waals surface area contributed by atoms with Gasteiger partial charge in [0.05, 0.1) is 0 Å². The van der Waals surface area contributed by atoms with Crippen LogP contribution in [0.25, 0.3) is 0 Å². The van der Waals surface area contributed by atoms with Crippen molar-refractivity contribution in [3.63, 3.8) is 0 Å². The molecule has 1 aromatic heterocycles. The summed E-state index contributed by atoms with van der Waals surface area (Å²) in [5, 5.41) is 3.96. The zero-order valence-electron chi connectivity index (χ0n) is 10.2. The normalized spacial score (nSPS) is 11.0. The maximum Gasteiger partial charge on any atom is 0.229 e. The van der Waals surface area contributed by atoms with Crippen molar-refractivity contribution in [2.45, 2.75) is 32.6 Å². The highest BCUT2D eigenvalue weighted by molar-refractivity contribution is 5.46. The van der Waals surface area contributed by atoms with Gasteiger partial charge in [-0.3, -0.25) is 0 Å². The Kier molecular flexibility index (Phi) is 3.42. The van der Waals surface area contributed by atoms with Crippen molar-refractivity contribution in [3.8, 4) is 0 Å². The van der Waals surface area contributed by atoms with Crippen LogP contribution in [0, 0.1) is 0 Å². The number of aryl methyl sites for hydroxylation is 2. The van der Waals surface area contributed by atoms with Crippen molar-refractivity contribution in [2.75, 3.05) is 5.73 Å². The third-order valence-electron chi connectivity index (χ3n) is 2.65. The standard InChI is InChI=1S/C13H17N3O/c1-9(2)13-15-12(16-17-13)8-7-10-5-3-4-6-11(10)14/h3-6,9H,7-8,14H2,1-2H3. The molecule has 0 saturated heterocycles. The molecule has 0 aliphatic rings. The molecule has 4 heteroatoms. The molecule has 0 amide bonds. The van der Waals surface area contributed by atoms with Crippen LogP contribution in [-0.2, 0) is 12.8 Å². The summed E-state index contributed by atoms with van der Waals surface area (Å²) in [6, 6.07) is 7.86. The zero-order valence-corrected chi connectivity index (χ0v) is 10.2. The number of nitrogens with two attached hydrogens (primary N) is 1. The van der Waals surface area contributed by atoms with Crippen molar-refractivity contribution in [3.05, 3.63) is 41.5 Å². The summed E-state index contributed by atoms with van der Waals surface area (Å²) in [5.41, 5.74) is 7.82. The summed E-state index contributed by atoms with van der Waals surface area (Å²) in [5.74, 6) is 1.72. The number of hydrogen-bond donors (Lipinski definition) is 1. The van der Waals surface area contributed by atoms with Gasteiger partial charge in [-0.25, -0.2) is 0 Å². The molecule has 0 atom stereocenters. The Hall–Kier alpha value is -1.84. The first-order valence-corrected chi connectivity index (χ1v) is 5.82. The average molecular weight is 231 g/mol. The van der Waals surface area contributed by atoms with Crippen LogP contribution in [0.1, 0.15) is 37.0 Å². The van der Waals surface area contributed by atoms with Gasteiger partial charge in [-0.05, 0) is 18.1 Å². The molecule has 0 saturated carbocycles. The number of nitrogen functional groups attached to an aromatic ring is 1. The van der Waals surface area contributed by atoms with Crippen LogP contribution in [0.3, 0.4) is 0 Å². The maximum absolute atomic E-state index is 5.87. The van der Waals surface area contributed by atoms with Gasteiger partial charge in [0.1, 0.15) is 0 Å². The van der Waals surface area contributed by atoms with Crippen LogP contribution in [0.15, 0.2) is 28.8 Å². The predicted octanol–water partition coefficient (Wildman–Crippen LogP) is 2.56. The van der Waals surface area contributed by atoms with Gasteiger partial charge in [0.2, 0.25) is 5.89 Å². The number of rotatable bonds is 4. The minimum atomic E-state index is 0.276. The van der Waals surface area contributed by atoms with E-state index in [1.165, 1.54) is 0 Å². The molecule has 17 heavy (non-hydrogen) atoms. The molecule has 90 valence electrons. The summed E-state index contributed by atoms with van der Waals surface area (Å²) < 4.78 is 5.15. The van der Waals surface area contributed by atoms with E-state index in [4.69, 9.17) is 10.3 Å². The lowest BCUT2D eigenvalue weighted by atomic mass is 10.1. The van der Waals surface area contributed by atoms with E-state index in [1.54, 1.807) is 0 Å². The van der Waals surface area contributed by atoms with Crippen LogP contribution < -0.4 is 5.73 Å². The molecule has 2 rings (SSSR count). The Morgan fingerprint density at radius 1 is 1.24 bits per heavy atom. The third kappa shape index (κ3) is 2.84. The largest absolute Gasteiger partial charge is 0.399 e. The molecule has 0 aliphatic heterocycles. The van der Waals surface area contributed by atoms with Gasteiger partial charge >= 0.3 is 0 Å². The number of aromatic nitrogens is 2. The van der Waals surface area contributed by atoms with E-state index in [1.807, 2.05) is 38.1 Å². The van der Waals surface area contributed by atoms with Gasteiger partial charge in [-0.15, -0.1) is 0 Å². The number of benzene rings is 1. The second-order valence-electron chi connectivity index (χ2n) is 4.40. The third-order valence-corrected chi connectivity index (χ3v) is 2.65. The average Bonchev–Trinajstić information content (AvgIpc) is 2.77. The maximum atomic E-state index is 5.87. The Balaban J connectivity index is 2.00. The number of anilines is 1. The van der Waals surface area contributed by atoms with E-state index < -0.39 is 0 Å². The van der Waals surface area contributed by atoms with Gasteiger partial charge < -0.3 is 10.3 Å². The molecular formula is C13H17N3O. The molecule has 0 spiro atoms. The van der Waals surface area contributed by atoms with Gasteiger partial charge in [0, 0.05) is 18.0 Å². The SMILES string of the molecule is CC(C)c1nc(CCc2ccccc2N)no1. The molecule has 4 nitrogen and oxygen atoms in total. The lowest BCUT2D eigenvalue weighted by Crippen LogP contribution is -1.98. The summed E-state index contributed by atoms with van der Waals surface area (Å²) in [4.78, 5) is 4.34. The summed E-state index contributed by atoms with van der Waals surface area (Å²) in [7, 11) is 0. The second-order valence-corrected chi connectivity index (χ2v) is 4.40. The molecule has 1 aromatic carbocycles. The zero-order chi connectivity index (χ0) is 12.3. The molecule has 2 N–H and O–H groups in total. The van der Waals surface area contributed by atoms with E-state index in [0.29, 0.717) is 5.89 Å². The molecule has 0 bridgehead atoms. The molecule has 0 fully saturated rings. The highest BCUT2D eigenvalue weighted by Gasteiger charge is 2.10. The Labute approximate surface area is 101 Å². The molecule has 0 radical (unpaired) electrons. The van der Waals surface area contributed by atoms with Crippen molar-refractivity contribution in [1.82, 2.24) is 10.1 Å². The summed E-state index contributed by atoms with van der Waals surface area (Å²) >= 11 is 0. The fourth-order valence-corrected chi connectivity index (χ4v) is 1.61. The first-order valence-electron chi connectivity index (χ1n) is 5.82. The number of para-hydroxylation sites is 1. The van der Waals surface area contributed by atoms with Gasteiger partial charge in [-0.1, -0.05) is 37.2 Å². The van der Waals surface area contributed by atoms with Crippen LogP contribution in [-0.4, -0.2) is 10.1 Å². The number of hydrogen-bond acceptors (Lipinski definition) is 4. The molecule has 0 unspecified atom stereocenters. The Morgan fingerprint density at radius 3 is 2.65 bits per heavy atom. The quantitative estimate of drug-likeness (QED) is 0.821. The van der Waals surface area contributed by atoms with Crippen molar-refractivity contribution >= 4 is 5.69 Å². The minimum Gasteiger partial charge on any atom is -0.399 e.